The van der Waals surface area contributed by atoms with Crippen LogP contribution < -0.4 is 20.8 Å². The number of aromatic hydroxyl groups is 1. The Kier molecular flexibility index (Phi) is 7.47. The van der Waals surface area contributed by atoms with Crippen molar-refractivity contribution < 1.29 is 19.7 Å². The van der Waals surface area contributed by atoms with Crippen LogP contribution in [0.5, 0.6) is 11.5 Å². The van der Waals surface area contributed by atoms with Crippen LogP contribution in [0.25, 0.3) is 0 Å². The standard InChI is InChI=1S/C23H19N9O6/c1-38-19-9-4-16(5-10-19)26-22-27-21(25-15-2-6-17(7-3-15)31(34)35)28-23(29-22)30-24-13-14-12-18(32(36)37)8-11-20(14)33/h2-13,33H,1H3,(H3,25,26,27,28,29,30)/b24-13+. The van der Waals surface area contributed by atoms with Crippen LogP contribution in [-0.2, 0) is 0 Å². The molecule has 0 saturated carbocycles. The molecular formula is C23H19N9O6. The molecule has 15 heteroatoms. The summed E-state index contributed by atoms with van der Waals surface area (Å²) >= 11 is 0. The molecule has 4 rings (SSSR count). The van der Waals surface area contributed by atoms with Crippen LogP contribution in [-0.4, -0.2) is 43.2 Å². The van der Waals surface area contributed by atoms with E-state index in [-0.39, 0.29) is 40.5 Å². The van der Waals surface area contributed by atoms with Gasteiger partial charge >= 0.3 is 0 Å². The van der Waals surface area contributed by atoms with Crippen LogP contribution >= 0.6 is 0 Å². The van der Waals surface area contributed by atoms with Crippen LogP contribution in [0, 0.1) is 20.2 Å². The number of nitrogens with one attached hydrogen (secondary N) is 3. The summed E-state index contributed by atoms with van der Waals surface area (Å²) < 4.78 is 5.15. The van der Waals surface area contributed by atoms with Crippen LogP contribution in [0.3, 0.4) is 0 Å². The Bertz CT molecular complexity index is 1490. The molecule has 3 aromatic carbocycles. The Hall–Kier alpha value is -5.86. The molecule has 0 aliphatic rings. The topological polar surface area (TPSA) is 203 Å². The van der Waals surface area contributed by atoms with Crippen molar-refractivity contribution in [2.75, 3.05) is 23.2 Å². The van der Waals surface area contributed by atoms with Gasteiger partial charge in [-0.2, -0.15) is 20.1 Å². The summed E-state index contributed by atoms with van der Waals surface area (Å²) in [6, 6.07) is 16.2. The van der Waals surface area contributed by atoms with Gasteiger partial charge in [-0.3, -0.25) is 20.2 Å². The number of ether oxygens (including phenoxy) is 1. The highest BCUT2D eigenvalue weighted by Gasteiger charge is 2.11. The van der Waals surface area contributed by atoms with Gasteiger partial charge in [0.1, 0.15) is 11.5 Å². The van der Waals surface area contributed by atoms with Crippen LogP contribution in [0.15, 0.2) is 71.8 Å². The van der Waals surface area contributed by atoms with Gasteiger partial charge in [0, 0.05) is 41.2 Å². The zero-order valence-corrected chi connectivity index (χ0v) is 19.6. The van der Waals surface area contributed by atoms with E-state index < -0.39 is 9.85 Å². The normalized spacial score (nSPS) is 10.7. The van der Waals surface area contributed by atoms with E-state index >= 15 is 0 Å². The molecule has 192 valence electrons. The maximum atomic E-state index is 11.0. The molecule has 0 unspecified atom stereocenters. The van der Waals surface area contributed by atoms with Crippen molar-refractivity contribution in [1.82, 2.24) is 15.0 Å². The number of hydrogen-bond acceptors (Lipinski definition) is 13. The first kappa shape index (κ1) is 25.2. The van der Waals surface area contributed by atoms with Gasteiger partial charge in [0.25, 0.3) is 11.4 Å². The van der Waals surface area contributed by atoms with Gasteiger partial charge in [-0.05, 0) is 42.5 Å². The van der Waals surface area contributed by atoms with E-state index in [9.17, 15) is 25.3 Å². The monoisotopic (exact) mass is 517 g/mol. The Morgan fingerprint density at radius 1 is 0.816 bits per heavy atom. The summed E-state index contributed by atoms with van der Waals surface area (Å²) in [5.74, 6) is 0.653. The molecule has 0 bridgehead atoms. The summed E-state index contributed by atoms with van der Waals surface area (Å²) in [7, 11) is 1.55. The van der Waals surface area contributed by atoms with Crippen LogP contribution in [0.2, 0.25) is 0 Å². The van der Waals surface area contributed by atoms with Crippen molar-refractivity contribution in [3.63, 3.8) is 0 Å². The number of nitro benzene ring substituents is 2. The Morgan fingerprint density at radius 2 is 1.34 bits per heavy atom. The van der Waals surface area contributed by atoms with Gasteiger partial charge in [-0.15, -0.1) is 0 Å². The highest BCUT2D eigenvalue weighted by molar-refractivity contribution is 5.84. The van der Waals surface area contributed by atoms with Crippen molar-refractivity contribution in [2.24, 2.45) is 5.10 Å². The lowest BCUT2D eigenvalue weighted by atomic mass is 10.2. The van der Waals surface area contributed by atoms with Crippen molar-refractivity contribution in [1.29, 1.82) is 0 Å². The second-order valence-corrected chi connectivity index (χ2v) is 7.46. The van der Waals surface area contributed by atoms with Crippen LogP contribution in [0.1, 0.15) is 5.56 Å². The first-order valence-electron chi connectivity index (χ1n) is 10.8. The largest absolute Gasteiger partial charge is 0.507 e. The summed E-state index contributed by atoms with van der Waals surface area (Å²) in [5, 5.41) is 41.8. The van der Waals surface area contributed by atoms with Crippen molar-refractivity contribution in [3.05, 3.63) is 92.5 Å². The molecule has 0 radical (unpaired) electrons. The van der Waals surface area contributed by atoms with E-state index in [1.807, 2.05) is 0 Å². The SMILES string of the molecule is COc1ccc(Nc2nc(N/N=C/c3cc([N+](=O)[O-])ccc3O)nc(Nc3ccc([N+](=O)[O-])cc3)n2)cc1. The number of phenolic OH excluding ortho intramolecular Hbond substituents is 1. The fourth-order valence-corrected chi connectivity index (χ4v) is 3.06. The zero-order chi connectivity index (χ0) is 27.1. The molecule has 38 heavy (non-hydrogen) atoms. The summed E-state index contributed by atoms with van der Waals surface area (Å²) in [4.78, 5) is 33.6. The molecule has 1 heterocycles. The molecule has 0 amide bonds. The number of phenols is 1. The molecule has 4 aromatic rings. The van der Waals surface area contributed by atoms with E-state index in [0.717, 1.165) is 6.07 Å². The number of benzene rings is 3. The summed E-state index contributed by atoms with van der Waals surface area (Å²) in [6.45, 7) is 0. The first-order valence-corrected chi connectivity index (χ1v) is 10.8. The van der Waals surface area contributed by atoms with E-state index in [1.54, 1.807) is 31.4 Å². The first-order chi connectivity index (χ1) is 18.3. The lowest BCUT2D eigenvalue weighted by Gasteiger charge is -2.10. The minimum Gasteiger partial charge on any atom is -0.507 e. The highest BCUT2D eigenvalue weighted by Crippen LogP contribution is 2.23. The minimum absolute atomic E-state index is 0.0124. The number of non-ortho nitro benzene ring substituents is 2. The Labute approximate surface area is 214 Å². The Balaban J connectivity index is 1.60. The zero-order valence-electron chi connectivity index (χ0n) is 19.6. The smallest absolute Gasteiger partial charge is 0.270 e. The van der Waals surface area contributed by atoms with Gasteiger partial charge in [0.05, 0.1) is 23.2 Å². The van der Waals surface area contributed by atoms with E-state index in [4.69, 9.17) is 4.74 Å². The number of hydrogen-bond donors (Lipinski definition) is 4. The second kappa shape index (κ2) is 11.3. The number of rotatable bonds is 10. The van der Waals surface area contributed by atoms with Gasteiger partial charge in [-0.25, -0.2) is 5.43 Å². The van der Waals surface area contributed by atoms with Crippen molar-refractivity contribution >= 4 is 46.8 Å². The lowest BCUT2D eigenvalue weighted by Crippen LogP contribution is -2.07. The molecule has 0 atom stereocenters. The molecule has 1 aromatic heterocycles. The van der Waals surface area contributed by atoms with Crippen molar-refractivity contribution in [3.8, 4) is 11.5 Å². The predicted molar refractivity (Wildman–Crippen MR) is 138 cm³/mol. The molecule has 15 nitrogen and oxygen atoms in total. The van der Waals surface area contributed by atoms with E-state index in [0.29, 0.717) is 17.1 Å². The maximum absolute atomic E-state index is 11.0. The molecule has 0 aliphatic heterocycles. The third-order valence-corrected chi connectivity index (χ3v) is 4.91. The van der Waals surface area contributed by atoms with Gasteiger partial charge in [0.2, 0.25) is 17.8 Å². The molecule has 0 saturated heterocycles. The fraction of sp³-hybridized carbons (Fsp3) is 0.0435. The number of anilines is 5. The van der Waals surface area contributed by atoms with Gasteiger partial charge in [-0.1, -0.05) is 0 Å². The average Bonchev–Trinajstić information content (AvgIpc) is 2.90. The fourth-order valence-electron chi connectivity index (χ4n) is 3.06. The third kappa shape index (κ3) is 6.42. The average molecular weight is 517 g/mol. The number of methoxy groups -OCH3 is 1. The second-order valence-electron chi connectivity index (χ2n) is 7.46. The minimum atomic E-state index is -0.594. The highest BCUT2D eigenvalue weighted by atomic mass is 16.6. The molecule has 0 aliphatic carbocycles. The van der Waals surface area contributed by atoms with Crippen molar-refractivity contribution in [2.45, 2.75) is 0 Å². The van der Waals surface area contributed by atoms with E-state index in [1.165, 1.54) is 42.6 Å². The maximum Gasteiger partial charge on any atom is 0.270 e. The van der Waals surface area contributed by atoms with E-state index in [2.05, 4.69) is 36.1 Å². The summed E-state index contributed by atoms with van der Waals surface area (Å²) in [6.07, 6.45) is 1.17. The predicted octanol–water partition coefficient (Wildman–Crippen LogP) is 4.34. The molecular weight excluding hydrogens is 498 g/mol. The molecule has 0 fully saturated rings. The van der Waals surface area contributed by atoms with Gasteiger partial charge in [0.15, 0.2) is 0 Å². The molecule has 4 N–H and O–H groups in total. The third-order valence-electron chi connectivity index (χ3n) is 4.91. The molecule has 0 spiro atoms. The number of nitro groups is 2. The Morgan fingerprint density at radius 3 is 1.89 bits per heavy atom. The number of nitrogens with zero attached hydrogens (tertiary/aromatic N) is 6. The quantitative estimate of drug-likeness (QED) is 0.132. The van der Waals surface area contributed by atoms with Gasteiger partial charge < -0.3 is 20.5 Å². The van der Waals surface area contributed by atoms with Crippen LogP contribution in [0.4, 0.5) is 40.6 Å². The number of aromatic nitrogens is 3. The number of hydrazone groups is 1. The lowest BCUT2D eigenvalue weighted by molar-refractivity contribution is -0.385. The summed E-state index contributed by atoms with van der Waals surface area (Å²) in [5.41, 5.74) is 3.53.